The number of anilines is 1. The van der Waals surface area contributed by atoms with Crippen LogP contribution in [0.1, 0.15) is 11.8 Å². The minimum atomic E-state index is -0.734. The summed E-state index contributed by atoms with van der Waals surface area (Å²) in [6, 6.07) is 0.470. The van der Waals surface area contributed by atoms with Crippen molar-refractivity contribution < 1.29 is 9.52 Å². The van der Waals surface area contributed by atoms with E-state index in [9.17, 15) is 5.11 Å². The third kappa shape index (κ3) is 1.75. The van der Waals surface area contributed by atoms with Crippen LogP contribution in [0.4, 0.5) is 6.01 Å². The second kappa shape index (κ2) is 3.55. The van der Waals surface area contributed by atoms with E-state index in [-0.39, 0.29) is 6.54 Å². The van der Waals surface area contributed by atoms with Gasteiger partial charge >= 0.3 is 0 Å². The SMILES string of the molecule is CN(C)c1nc(C(O)CN)co1. The predicted molar refractivity (Wildman–Crippen MR) is 44.8 cm³/mol. The molecule has 1 aromatic rings. The Balaban J connectivity index is 2.77. The first kappa shape index (κ1) is 9.02. The lowest BCUT2D eigenvalue weighted by Crippen LogP contribution is -2.13. The van der Waals surface area contributed by atoms with E-state index >= 15 is 0 Å². The van der Waals surface area contributed by atoms with Gasteiger partial charge in [-0.05, 0) is 0 Å². The molecule has 0 aliphatic rings. The number of aliphatic hydroxyl groups is 1. The molecular weight excluding hydrogens is 158 g/mol. The first-order chi connectivity index (χ1) is 5.65. The Labute approximate surface area is 70.8 Å². The maximum absolute atomic E-state index is 9.26. The van der Waals surface area contributed by atoms with Crippen molar-refractivity contribution in [2.24, 2.45) is 5.73 Å². The van der Waals surface area contributed by atoms with Crippen LogP contribution in [0, 0.1) is 0 Å². The van der Waals surface area contributed by atoms with E-state index < -0.39 is 6.10 Å². The number of oxazole rings is 1. The Morgan fingerprint density at radius 1 is 1.75 bits per heavy atom. The van der Waals surface area contributed by atoms with Gasteiger partial charge in [-0.1, -0.05) is 0 Å². The highest BCUT2D eigenvalue weighted by Gasteiger charge is 2.11. The van der Waals surface area contributed by atoms with Crippen LogP contribution in [0.5, 0.6) is 0 Å². The third-order valence-electron chi connectivity index (χ3n) is 1.46. The molecule has 0 aliphatic heterocycles. The highest BCUT2D eigenvalue weighted by atomic mass is 16.4. The fourth-order valence-electron chi connectivity index (χ4n) is 0.755. The summed E-state index contributed by atoms with van der Waals surface area (Å²) in [7, 11) is 3.62. The zero-order valence-corrected chi connectivity index (χ0v) is 7.19. The van der Waals surface area contributed by atoms with Gasteiger partial charge in [0.25, 0.3) is 6.01 Å². The Hall–Kier alpha value is -1.07. The fourth-order valence-corrected chi connectivity index (χ4v) is 0.755. The van der Waals surface area contributed by atoms with Crippen LogP contribution < -0.4 is 10.6 Å². The monoisotopic (exact) mass is 171 g/mol. The van der Waals surface area contributed by atoms with Crippen LogP contribution in [-0.4, -0.2) is 30.7 Å². The third-order valence-corrected chi connectivity index (χ3v) is 1.46. The fraction of sp³-hybridized carbons (Fsp3) is 0.571. The summed E-state index contributed by atoms with van der Waals surface area (Å²) in [5.41, 5.74) is 5.72. The van der Waals surface area contributed by atoms with Crippen LogP contribution in [0.3, 0.4) is 0 Å². The Morgan fingerprint density at radius 2 is 2.42 bits per heavy atom. The van der Waals surface area contributed by atoms with E-state index in [2.05, 4.69) is 4.98 Å². The first-order valence-corrected chi connectivity index (χ1v) is 3.66. The Kier molecular flexibility index (Phi) is 2.67. The van der Waals surface area contributed by atoms with Gasteiger partial charge in [-0.2, -0.15) is 4.98 Å². The maximum atomic E-state index is 9.26. The van der Waals surface area contributed by atoms with Crippen molar-refractivity contribution in [3.63, 3.8) is 0 Å². The van der Waals surface area contributed by atoms with Crippen LogP contribution >= 0.6 is 0 Å². The van der Waals surface area contributed by atoms with Crippen LogP contribution in [0.15, 0.2) is 10.7 Å². The van der Waals surface area contributed by atoms with E-state index in [0.717, 1.165) is 0 Å². The van der Waals surface area contributed by atoms with E-state index in [0.29, 0.717) is 11.7 Å². The molecule has 5 nitrogen and oxygen atoms in total. The van der Waals surface area contributed by atoms with Crippen molar-refractivity contribution in [1.29, 1.82) is 0 Å². The summed E-state index contributed by atoms with van der Waals surface area (Å²) >= 11 is 0. The van der Waals surface area contributed by atoms with Gasteiger partial charge in [0.15, 0.2) is 0 Å². The number of nitrogens with two attached hydrogens (primary N) is 1. The highest BCUT2D eigenvalue weighted by Crippen LogP contribution is 2.15. The molecule has 5 heteroatoms. The molecule has 0 radical (unpaired) electrons. The first-order valence-electron chi connectivity index (χ1n) is 3.66. The Bertz CT molecular complexity index is 247. The molecule has 0 spiro atoms. The van der Waals surface area contributed by atoms with Gasteiger partial charge in [0.1, 0.15) is 18.1 Å². The van der Waals surface area contributed by atoms with Crippen molar-refractivity contribution in [3.05, 3.63) is 12.0 Å². The molecule has 0 aromatic carbocycles. The lowest BCUT2D eigenvalue weighted by Gasteiger charge is -2.04. The molecule has 1 atom stereocenters. The molecule has 1 aromatic heterocycles. The molecule has 1 heterocycles. The van der Waals surface area contributed by atoms with Gasteiger partial charge < -0.3 is 20.2 Å². The van der Waals surface area contributed by atoms with E-state index in [1.54, 1.807) is 4.90 Å². The molecule has 68 valence electrons. The minimum absolute atomic E-state index is 0.152. The topological polar surface area (TPSA) is 75.5 Å². The van der Waals surface area contributed by atoms with Crippen molar-refractivity contribution in [2.45, 2.75) is 6.10 Å². The van der Waals surface area contributed by atoms with E-state index in [1.807, 2.05) is 14.1 Å². The summed E-state index contributed by atoms with van der Waals surface area (Å²) in [6.07, 6.45) is 0.676. The minimum Gasteiger partial charge on any atom is -0.432 e. The lowest BCUT2D eigenvalue weighted by atomic mass is 10.3. The maximum Gasteiger partial charge on any atom is 0.296 e. The van der Waals surface area contributed by atoms with E-state index in [1.165, 1.54) is 6.26 Å². The van der Waals surface area contributed by atoms with Gasteiger partial charge in [0.05, 0.1) is 0 Å². The van der Waals surface area contributed by atoms with Crippen molar-refractivity contribution in [2.75, 3.05) is 25.5 Å². The molecule has 12 heavy (non-hydrogen) atoms. The molecule has 1 unspecified atom stereocenters. The molecule has 0 saturated heterocycles. The van der Waals surface area contributed by atoms with Crippen LogP contribution in [0.2, 0.25) is 0 Å². The molecular formula is C7H13N3O2. The normalized spacial score (nSPS) is 13.0. The zero-order valence-electron chi connectivity index (χ0n) is 7.19. The number of hydrogen-bond acceptors (Lipinski definition) is 5. The number of aliphatic hydroxyl groups excluding tert-OH is 1. The predicted octanol–water partition coefficient (Wildman–Crippen LogP) is -0.267. The average molecular weight is 171 g/mol. The van der Waals surface area contributed by atoms with Crippen molar-refractivity contribution in [1.82, 2.24) is 4.98 Å². The molecule has 0 fully saturated rings. The molecule has 0 amide bonds. The largest absolute Gasteiger partial charge is 0.432 e. The molecule has 0 saturated carbocycles. The van der Waals surface area contributed by atoms with E-state index in [4.69, 9.17) is 10.2 Å². The van der Waals surface area contributed by atoms with Crippen molar-refractivity contribution in [3.8, 4) is 0 Å². The summed E-state index contributed by atoms with van der Waals surface area (Å²) in [6.45, 7) is 0.152. The van der Waals surface area contributed by atoms with Gasteiger partial charge in [0.2, 0.25) is 0 Å². The summed E-state index contributed by atoms with van der Waals surface area (Å²) in [5.74, 6) is 0. The number of nitrogens with zero attached hydrogens (tertiary/aromatic N) is 2. The average Bonchev–Trinajstić information content (AvgIpc) is 2.51. The number of hydrogen-bond donors (Lipinski definition) is 2. The van der Waals surface area contributed by atoms with Crippen LogP contribution in [0.25, 0.3) is 0 Å². The van der Waals surface area contributed by atoms with Gasteiger partial charge in [-0.3, -0.25) is 0 Å². The summed E-state index contributed by atoms with van der Waals surface area (Å²) in [5, 5.41) is 9.26. The number of rotatable bonds is 3. The summed E-state index contributed by atoms with van der Waals surface area (Å²) in [4.78, 5) is 5.72. The van der Waals surface area contributed by atoms with Crippen LogP contribution in [-0.2, 0) is 0 Å². The smallest absolute Gasteiger partial charge is 0.296 e. The van der Waals surface area contributed by atoms with Crippen molar-refractivity contribution >= 4 is 6.01 Å². The van der Waals surface area contributed by atoms with Gasteiger partial charge in [-0.25, -0.2) is 0 Å². The molecule has 1 rings (SSSR count). The highest BCUT2D eigenvalue weighted by molar-refractivity contribution is 5.24. The van der Waals surface area contributed by atoms with Gasteiger partial charge in [-0.15, -0.1) is 0 Å². The van der Waals surface area contributed by atoms with Gasteiger partial charge in [0, 0.05) is 20.6 Å². The Morgan fingerprint density at radius 3 is 2.83 bits per heavy atom. The molecule has 0 bridgehead atoms. The quantitative estimate of drug-likeness (QED) is 0.655. The standard InChI is InChI=1S/C7H13N3O2/c1-10(2)7-9-5(4-12-7)6(11)3-8/h4,6,11H,3,8H2,1-2H3. The summed E-state index contributed by atoms with van der Waals surface area (Å²) < 4.78 is 5.05. The molecule has 3 N–H and O–H groups in total. The second-order valence-electron chi connectivity index (χ2n) is 2.70. The number of aromatic nitrogens is 1. The zero-order chi connectivity index (χ0) is 9.14. The second-order valence-corrected chi connectivity index (χ2v) is 2.70. The molecule has 0 aliphatic carbocycles. The lowest BCUT2D eigenvalue weighted by molar-refractivity contribution is 0.182.